The van der Waals surface area contributed by atoms with Gasteiger partial charge in [0.1, 0.15) is 5.82 Å². The lowest BCUT2D eigenvalue weighted by atomic mass is 10.2. The average molecular weight is 481 g/mol. The van der Waals surface area contributed by atoms with E-state index in [4.69, 9.17) is 0 Å². The zero-order chi connectivity index (χ0) is 24.5. The van der Waals surface area contributed by atoms with Crippen LogP contribution >= 0.6 is 0 Å². The highest BCUT2D eigenvalue weighted by molar-refractivity contribution is 7.92. The largest absolute Gasteiger partial charge is 0.295 e. The molecule has 0 saturated carbocycles. The Bertz CT molecular complexity index is 1520. The molecule has 0 atom stereocenters. The van der Waals surface area contributed by atoms with Crippen LogP contribution in [-0.4, -0.2) is 34.4 Å². The molecule has 174 valence electrons. The van der Waals surface area contributed by atoms with Crippen molar-refractivity contribution in [2.45, 2.75) is 25.7 Å². The number of aromatic amines is 1. The van der Waals surface area contributed by atoms with Crippen molar-refractivity contribution in [2.75, 3.05) is 4.72 Å². The Morgan fingerprint density at radius 2 is 1.62 bits per heavy atom. The summed E-state index contributed by atoms with van der Waals surface area (Å²) in [6.45, 7) is 5.22. The maximum Gasteiger partial charge on any atom is 0.280 e. The van der Waals surface area contributed by atoms with Crippen molar-refractivity contribution in [1.82, 2.24) is 19.7 Å². The summed E-state index contributed by atoms with van der Waals surface area (Å²) < 4.78 is 42.2. The summed E-state index contributed by atoms with van der Waals surface area (Å²) >= 11 is 0. The molecule has 0 radical (unpaired) electrons. The predicted molar refractivity (Wildman–Crippen MR) is 127 cm³/mol. The van der Waals surface area contributed by atoms with Gasteiger partial charge in [0.15, 0.2) is 0 Å². The van der Waals surface area contributed by atoms with E-state index < -0.39 is 15.8 Å². The van der Waals surface area contributed by atoms with Gasteiger partial charge in [-0.25, -0.2) is 32.2 Å². The van der Waals surface area contributed by atoms with Crippen molar-refractivity contribution >= 4 is 27.9 Å². The number of nitrogens with one attached hydrogen (secondary N) is 2. The molecule has 2 N–H and O–H groups in total. The second-order valence-corrected chi connectivity index (χ2v) is 9.28. The van der Waals surface area contributed by atoms with E-state index in [0.29, 0.717) is 34.0 Å². The summed E-state index contributed by atoms with van der Waals surface area (Å²) in [6, 6.07) is 13.1. The van der Waals surface area contributed by atoms with Crippen molar-refractivity contribution < 1.29 is 12.8 Å². The molecule has 11 heteroatoms. The molecule has 0 aliphatic rings. The van der Waals surface area contributed by atoms with Crippen LogP contribution in [0.4, 0.5) is 16.0 Å². The van der Waals surface area contributed by atoms with Crippen molar-refractivity contribution in [3.63, 3.8) is 0 Å². The molecule has 4 aromatic rings. The molecule has 0 amide bonds. The van der Waals surface area contributed by atoms with E-state index in [9.17, 15) is 17.6 Å². The number of aromatic nitrogens is 4. The van der Waals surface area contributed by atoms with Crippen molar-refractivity contribution in [3.8, 4) is 5.69 Å². The average Bonchev–Trinajstić information content (AvgIpc) is 3.05. The summed E-state index contributed by atoms with van der Waals surface area (Å²) in [6.07, 6.45) is 1.40. The molecule has 0 aliphatic carbocycles. The van der Waals surface area contributed by atoms with Gasteiger partial charge in [0.25, 0.3) is 15.6 Å². The van der Waals surface area contributed by atoms with Crippen LogP contribution < -0.4 is 10.3 Å². The van der Waals surface area contributed by atoms with Crippen LogP contribution in [-0.2, 0) is 10.0 Å². The molecule has 0 spiro atoms. The minimum absolute atomic E-state index is 0.0000331. The van der Waals surface area contributed by atoms with Gasteiger partial charge < -0.3 is 0 Å². The SMILES string of the molecule is Cc1cc(C)nc(NS(=O)(=O)c2ccc(N=Cc3c(C)[nH]n(-c4ccc(F)cc4)c3=O)cc2)n1. The Morgan fingerprint density at radius 3 is 2.24 bits per heavy atom. The van der Waals surface area contributed by atoms with E-state index in [0.717, 1.165) is 0 Å². The lowest BCUT2D eigenvalue weighted by Gasteiger charge is -2.08. The topological polar surface area (TPSA) is 122 Å². The number of sulfonamides is 1. The predicted octanol–water partition coefficient (Wildman–Crippen LogP) is 3.57. The third kappa shape index (κ3) is 4.94. The van der Waals surface area contributed by atoms with Gasteiger partial charge in [-0.1, -0.05) is 0 Å². The highest BCUT2D eigenvalue weighted by Crippen LogP contribution is 2.19. The molecule has 0 saturated heterocycles. The second-order valence-electron chi connectivity index (χ2n) is 7.60. The van der Waals surface area contributed by atoms with E-state index in [2.05, 4.69) is 24.8 Å². The smallest absolute Gasteiger partial charge is 0.280 e. The minimum atomic E-state index is -3.89. The number of aliphatic imine (C=N–C) groups is 1. The molecular weight excluding hydrogens is 459 g/mol. The quantitative estimate of drug-likeness (QED) is 0.409. The Kier molecular flexibility index (Phi) is 6.12. The first kappa shape index (κ1) is 23.1. The standard InChI is InChI=1S/C23H21FN6O3S/c1-14-12-15(2)27-23(26-14)29-34(32,33)20-10-6-18(7-11-20)25-13-21-16(3)28-30(22(21)31)19-8-4-17(24)5-9-19/h4-13,28H,1-3H3,(H,26,27,29). The Labute approximate surface area is 195 Å². The first-order valence-corrected chi connectivity index (χ1v) is 11.7. The summed E-state index contributed by atoms with van der Waals surface area (Å²) in [7, 11) is -3.89. The Balaban J connectivity index is 1.54. The van der Waals surface area contributed by atoms with Crippen LogP contribution in [0.1, 0.15) is 22.6 Å². The number of rotatable bonds is 6. The molecule has 2 heterocycles. The third-order valence-corrected chi connectivity index (χ3v) is 6.24. The van der Waals surface area contributed by atoms with Gasteiger partial charge >= 0.3 is 0 Å². The number of halogens is 1. The van der Waals surface area contributed by atoms with Gasteiger partial charge in [-0.2, -0.15) is 0 Å². The third-order valence-electron chi connectivity index (χ3n) is 4.90. The van der Waals surface area contributed by atoms with Crippen LogP contribution in [0.3, 0.4) is 0 Å². The zero-order valence-electron chi connectivity index (χ0n) is 18.6. The van der Waals surface area contributed by atoms with Crippen molar-refractivity contribution in [2.24, 2.45) is 4.99 Å². The maximum atomic E-state index is 13.2. The van der Waals surface area contributed by atoms with E-state index >= 15 is 0 Å². The molecule has 2 aromatic carbocycles. The van der Waals surface area contributed by atoms with E-state index in [-0.39, 0.29) is 16.4 Å². The Morgan fingerprint density at radius 1 is 1.00 bits per heavy atom. The highest BCUT2D eigenvalue weighted by Gasteiger charge is 2.16. The normalized spacial score (nSPS) is 11.8. The molecule has 0 bridgehead atoms. The van der Waals surface area contributed by atoms with Crippen LogP contribution in [0.25, 0.3) is 5.69 Å². The number of aryl methyl sites for hydroxylation is 3. The zero-order valence-corrected chi connectivity index (χ0v) is 19.4. The Hall–Kier alpha value is -4.12. The first-order valence-electron chi connectivity index (χ1n) is 10.2. The van der Waals surface area contributed by atoms with E-state index in [1.54, 1.807) is 26.8 Å². The fraction of sp³-hybridized carbons (Fsp3) is 0.130. The lowest BCUT2D eigenvalue weighted by Crippen LogP contribution is -2.17. The number of hydrogen-bond donors (Lipinski definition) is 2. The maximum absolute atomic E-state index is 13.2. The molecule has 0 unspecified atom stereocenters. The molecule has 4 rings (SSSR count). The van der Waals surface area contributed by atoms with E-state index in [1.165, 1.54) is 59.4 Å². The van der Waals surface area contributed by atoms with Gasteiger partial charge in [0, 0.05) is 23.3 Å². The summed E-state index contributed by atoms with van der Waals surface area (Å²) in [5.74, 6) is -0.399. The van der Waals surface area contributed by atoms with Gasteiger partial charge in [-0.3, -0.25) is 14.9 Å². The van der Waals surface area contributed by atoms with Crippen LogP contribution in [0.5, 0.6) is 0 Å². The van der Waals surface area contributed by atoms with Gasteiger partial charge in [-0.15, -0.1) is 0 Å². The number of benzene rings is 2. The molecule has 2 aromatic heterocycles. The number of H-pyrrole nitrogens is 1. The fourth-order valence-corrected chi connectivity index (χ4v) is 4.23. The molecule has 9 nitrogen and oxygen atoms in total. The molecule has 0 aliphatic heterocycles. The second kappa shape index (κ2) is 9.02. The minimum Gasteiger partial charge on any atom is -0.295 e. The fourth-order valence-electron chi connectivity index (χ4n) is 3.28. The van der Waals surface area contributed by atoms with Crippen molar-refractivity contribution in [3.05, 3.63) is 93.4 Å². The van der Waals surface area contributed by atoms with Gasteiger partial charge in [-0.05, 0) is 75.4 Å². The highest BCUT2D eigenvalue weighted by atomic mass is 32.2. The van der Waals surface area contributed by atoms with Crippen LogP contribution in [0, 0.1) is 26.6 Å². The number of nitrogens with zero attached hydrogens (tertiary/aromatic N) is 4. The monoisotopic (exact) mass is 480 g/mol. The molecule has 34 heavy (non-hydrogen) atoms. The van der Waals surface area contributed by atoms with Gasteiger partial charge in [0.2, 0.25) is 5.95 Å². The molecular formula is C23H21FN6O3S. The summed E-state index contributed by atoms with van der Waals surface area (Å²) in [5.41, 5.74) is 2.80. The number of anilines is 1. The number of hydrogen-bond acceptors (Lipinski definition) is 6. The first-order chi connectivity index (χ1) is 16.1. The van der Waals surface area contributed by atoms with Crippen molar-refractivity contribution in [1.29, 1.82) is 0 Å². The van der Waals surface area contributed by atoms with Gasteiger partial charge in [0.05, 0.1) is 21.8 Å². The summed E-state index contributed by atoms with van der Waals surface area (Å²) in [4.78, 5) is 25.2. The van der Waals surface area contributed by atoms with Crippen LogP contribution in [0.2, 0.25) is 0 Å². The van der Waals surface area contributed by atoms with Crippen LogP contribution in [0.15, 0.2) is 69.3 Å². The summed E-state index contributed by atoms with van der Waals surface area (Å²) in [5, 5.41) is 2.94. The van der Waals surface area contributed by atoms with E-state index in [1.807, 2.05) is 0 Å². The molecule has 0 fully saturated rings. The lowest BCUT2D eigenvalue weighted by molar-refractivity contribution is 0.600.